The zero-order chi connectivity index (χ0) is 10.5. The fourth-order valence-corrected chi connectivity index (χ4v) is 2.29. The van der Waals surface area contributed by atoms with Crippen LogP contribution in [0.25, 0.3) is 0 Å². The maximum atomic E-state index is 5.39. The highest BCUT2D eigenvalue weighted by molar-refractivity contribution is 5.16. The highest BCUT2D eigenvalue weighted by Crippen LogP contribution is 2.29. The van der Waals surface area contributed by atoms with Gasteiger partial charge >= 0.3 is 0 Å². The van der Waals surface area contributed by atoms with Gasteiger partial charge in [0.2, 0.25) is 0 Å². The molecule has 1 aromatic rings. The van der Waals surface area contributed by atoms with Crippen LogP contribution < -0.4 is 5.32 Å². The molecule has 0 amide bonds. The third kappa shape index (κ3) is 2.55. The van der Waals surface area contributed by atoms with Crippen molar-refractivity contribution < 1.29 is 4.74 Å². The van der Waals surface area contributed by atoms with E-state index in [0.29, 0.717) is 12.0 Å². The molecule has 0 bridgehead atoms. The van der Waals surface area contributed by atoms with Crippen LogP contribution in [-0.4, -0.2) is 25.2 Å². The summed E-state index contributed by atoms with van der Waals surface area (Å²) >= 11 is 0. The largest absolute Gasteiger partial charge is 0.381 e. The van der Waals surface area contributed by atoms with Crippen molar-refractivity contribution in [2.24, 2.45) is 5.92 Å². The molecule has 2 rings (SSSR count). The molecule has 1 atom stereocenters. The standard InChI is InChI=1S/C12H18N2O/c1-13-12(10-2-6-14-7-3-10)11-4-8-15-9-5-11/h2-3,6-7,11-13H,4-5,8-9H2,1H3. The minimum atomic E-state index is 0.442. The number of nitrogens with one attached hydrogen (secondary N) is 1. The van der Waals surface area contributed by atoms with Gasteiger partial charge in [-0.1, -0.05) is 0 Å². The molecule has 0 spiro atoms. The molecule has 3 nitrogen and oxygen atoms in total. The summed E-state index contributed by atoms with van der Waals surface area (Å²) < 4.78 is 5.39. The van der Waals surface area contributed by atoms with E-state index < -0.39 is 0 Å². The minimum absolute atomic E-state index is 0.442. The lowest BCUT2D eigenvalue weighted by molar-refractivity contribution is 0.0546. The van der Waals surface area contributed by atoms with E-state index in [2.05, 4.69) is 22.4 Å². The van der Waals surface area contributed by atoms with E-state index in [4.69, 9.17) is 4.74 Å². The Bertz CT molecular complexity index is 283. The quantitative estimate of drug-likeness (QED) is 0.818. The Labute approximate surface area is 90.9 Å². The van der Waals surface area contributed by atoms with Crippen LogP contribution >= 0.6 is 0 Å². The molecular weight excluding hydrogens is 188 g/mol. The highest BCUT2D eigenvalue weighted by Gasteiger charge is 2.23. The maximum absolute atomic E-state index is 5.39. The van der Waals surface area contributed by atoms with Gasteiger partial charge in [-0.2, -0.15) is 0 Å². The SMILES string of the molecule is CNC(c1ccncc1)C1CCOCC1. The summed E-state index contributed by atoms with van der Waals surface area (Å²) in [7, 11) is 2.03. The van der Waals surface area contributed by atoms with Crippen molar-refractivity contribution in [2.45, 2.75) is 18.9 Å². The van der Waals surface area contributed by atoms with Gasteiger partial charge in [0.1, 0.15) is 0 Å². The molecule has 1 unspecified atom stereocenters. The molecule has 2 heterocycles. The number of pyridine rings is 1. The first-order chi connectivity index (χ1) is 7.42. The second-order valence-electron chi connectivity index (χ2n) is 4.00. The predicted octanol–water partition coefficient (Wildman–Crippen LogP) is 1.77. The Balaban J connectivity index is 2.09. The Kier molecular flexibility index (Phi) is 3.69. The molecular formula is C12H18N2O. The monoisotopic (exact) mass is 206 g/mol. The number of nitrogens with zero attached hydrogens (tertiary/aromatic N) is 1. The van der Waals surface area contributed by atoms with Crippen molar-refractivity contribution in [2.75, 3.05) is 20.3 Å². The second kappa shape index (κ2) is 5.24. The zero-order valence-electron chi connectivity index (χ0n) is 9.15. The minimum Gasteiger partial charge on any atom is -0.381 e. The van der Waals surface area contributed by atoms with Crippen LogP contribution in [0.1, 0.15) is 24.4 Å². The third-order valence-corrected chi connectivity index (χ3v) is 3.11. The van der Waals surface area contributed by atoms with Gasteiger partial charge in [0.15, 0.2) is 0 Å². The third-order valence-electron chi connectivity index (χ3n) is 3.11. The van der Waals surface area contributed by atoms with E-state index in [-0.39, 0.29) is 0 Å². The molecule has 0 aromatic carbocycles. The van der Waals surface area contributed by atoms with Crippen molar-refractivity contribution in [1.29, 1.82) is 0 Å². The molecule has 82 valence electrons. The number of ether oxygens (including phenoxy) is 1. The molecule has 1 fully saturated rings. The van der Waals surface area contributed by atoms with E-state index in [1.54, 1.807) is 0 Å². The van der Waals surface area contributed by atoms with Gasteiger partial charge < -0.3 is 10.1 Å². The van der Waals surface area contributed by atoms with Crippen LogP contribution in [0.5, 0.6) is 0 Å². The summed E-state index contributed by atoms with van der Waals surface area (Å²) in [5.41, 5.74) is 1.33. The molecule has 0 aliphatic carbocycles. The summed E-state index contributed by atoms with van der Waals surface area (Å²) in [6, 6.07) is 4.63. The van der Waals surface area contributed by atoms with Crippen LogP contribution in [-0.2, 0) is 4.74 Å². The van der Waals surface area contributed by atoms with Crippen molar-refractivity contribution >= 4 is 0 Å². The van der Waals surface area contributed by atoms with Gasteiger partial charge in [0, 0.05) is 31.6 Å². The maximum Gasteiger partial charge on any atom is 0.0469 e. The van der Waals surface area contributed by atoms with E-state index in [1.165, 1.54) is 5.56 Å². The van der Waals surface area contributed by atoms with E-state index in [1.807, 2.05) is 19.4 Å². The summed E-state index contributed by atoms with van der Waals surface area (Å²) in [6.45, 7) is 1.79. The zero-order valence-corrected chi connectivity index (χ0v) is 9.15. The molecule has 0 saturated carbocycles. The Morgan fingerprint density at radius 3 is 2.60 bits per heavy atom. The van der Waals surface area contributed by atoms with Crippen LogP contribution in [0.2, 0.25) is 0 Å². The number of hydrogen-bond donors (Lipinski definition) is 1. The molecule has 1 aromatic heterocycles. The summed E-state index contributed by atoms with van der Waals surface area (Å²) in [5.74, 6) is 0.686. The molecule has 1 saturated heterocycles. The van der Waals surface area contributed by atoms with Crippen LogP contribution in [0.15, 0.2) is 24.5 Å². The Morgan fingerprint density at radius 2 is 2.00 bits per heavy atom. The number of aromatic nitrogens is 1. The first-order valence-corrected chi connectivity index (χ1v) is 5.56. The molecule has 0 radical (unpaired) electrons. The molecule has 1 aliphatic rings. The van der Waals surface area contributed by atoms with Crippen molar-refractivity contribution in [3.8, 4) is 0 Å². The first-order valence-electron chi connectivity index (χ1n) is 5.56. The van der Waals surface area contributed by atoms with Crippen molar-refractivity contribution in [3.63, 3.8) is 0 Å². The van der Waals surface area contributed by atoms with Gasteiger partial charge in [-0.15, -0.1) is 0 Å². The Hall–Kier alpha value is -0.930. The van der Waals surface area contributed by atoms with E-state index in [0.717, 1.165) is 26.1 Å². The molecule has 15 heavy (non-hydrogen) atoms. The van der Waals surface area contributed by atoms with E-state index >= 15 is 0 Å². The van der Waals surface area contributed by atoms with Gasteiger partial charge in [0.05, 0.1) is 0 Å². The first kappa shape index (κ1) is 10.6. The fourth-order valence-electron chi connectivity index (χ4n) is 2.29. The van der Waals surface area contributed by atoms with Gasteiger partial charge in [0.25, 0.3) is 0 Å². The lowest BCUT2D eigenvalue weighted by atomic mass is 9.87. The lowest BCUT2D eigenvalue weighted by Gasteiger charge is -2.30. The van der Waals surface area contributed by atoms with Gasteiger partial charge in [-0.05, 0) is 43.5 Å². The smallest absolute Gasteiger partial charge is 0.0469 e. The Morgan fingerprint density at radius 1 is 1.33 bits per heavy atom. The van der Waals surface area contributed by atoms with Crippen LogP contribution in [0, 0.1) is 5.92 Å². The second-order valence-corrected chi connectivity index (χ2v) is 4.00. The number of rotatable bonds is 3. The van der Waals surface area contributed by atoms with Crippen molar-refractivity contribution in [1.82, 2.24) is 10.3 Å². The van der Waals surface area contributed by atoms with Gasteiger partial charge in [-0.25, -0.2) is 0 Å². The van der Waals surface area contributed by atoms with Crippen molar-refractivity contribution in [3.05, 3.63) is 30.1 Å². The summed E-state index contributed by atoms with van der Waals surface area (Å²) in [4.78, 5) is 4.05. The van der Waals surface area contributed by atoms with E-state index in [9.17, 15) is 0 Å². The highest BCUT2D eigenvalue weighted by atomic mass is 16.5. The van der Waals surface area contributed by atoms with Gasteiger partial charge in [-0.3, -0.25) is 4.98 Å². The molecule has 3 heteroatoms. The van der Waals surface area contributed by atoms with Crippen LogP contribution in [0.3, 0.4) is 0 Å². The summed E-state index contributed by atoms with van der Waals surface area (Å²) in [5, 5.41) is 3.40. The molecule has 1 N–H and O–H groups in total. The average Bonchev–Trinajstić information content (AvgIpc) is 2.33. The normalized spacial score (nSPS) is 20.1. The van der Waals surface area contributed by atoms with Crippen LogP contribution in [0.4, 0.5) is 0 Å². The summed E-state index contributed by atoms with van der Waals surface area (Å²) in [6.07, 6.45) is 6.01. The molecule has 1 aliphatic heterocycles. The fraction of sp³-hybridized carbons (Fsp3) is 0.583. The average molecular weight is 206 g/mol. The number of hydrogen-bond acceptors (Lipinski definition) is 3. The topological polar surface area (TPSA) is 34.2 Å². The predicted molar refractivity (Wildman–Crippen MR) is 59.6 cm³/mol. The lowest BCUT2D eigenvalue weighted by Crippen LogP contribution is -2.29.